The van der Waals surface area contributed by atoms with Crippen LogP contribution in [-0.4, -0.2) is 62.4 Å². The lowest BCUT2D eigenvalue weighted by Crippen LogP contribution is -2.42. The fourth-order valence-corrected chi connectivity index (χ4v) is 5.38. The Labute approximate surface area is 206 Å². The van der Waals surface area contributed by atoms with Crippen molar-refractivity contribution in [3.63, 3.8) is 0 Å². The number of carboxylic acids is 1. The third kappa shape index (κ3) is 6.38. The molecule has 2 aromatic heterocycles. The van der Waals surface area contributed by atoms with Crippen LogP contribution in [0.1, 0.15) is 49.6 Å². The lowest BCUT2D eigenvalue weighted by Gasteiger charge is -2.38. The minimum atomic E-state index is -0.748. The second-order valence-corrected chi connectivity index (χ2v) is 9.64. The molecule has 35 heavy (non-hydrogen) atoms. The van der Waals surface area contributed by atoms with Crippen molar-refractivity contribution in [2.24, 2.45) is 18.9 Å². The Kier molecular flexibility index (Phi) is 8.36. The van der Waals surface area contributed by atoms with Gasteiger partial charge in [0.1, 0.15) is 11.6 Å². The Hall–Kier alpha value is -2.97. The number of fused-ring (bicyclic) bond motifs is 1. The fraction of sp³-hybridized carbons (Fsp3) is 0.519. The maximum Gasteiger partial charge on any atom is 0.303 e. The second-order valence-electron chi connectivity index (χ2n) is 9.64. The van der Waals surface area contributed by atoms with Gasteiger partial charge in [-0.1, -0.05) is 0 Å². The van der Waals surface area contributed by atoms with Crippen molar-refractivity contribution in [2.45, 2.75) is 44.6 Å². The highest BCUT2D eigenvalue weighted by Crippen LogP contribution is 2.34. The predicted octanol–water partition coefficient (Wildman–Crippen LogP) is 3.84. The minimum absolute atomic E-state index is 0.0934. The van der Waals surface area contributed by atoms with Gasteiger partial charge in [0.15, 0.2) is 0 Å². The zero-order valence-electron chi connectivity index (χ0n) is 20.6. The number of carboxylic acid groups (broad SMARTS) is 1. The number of ether oxygens (including phenoxy) is 1. The van der Waals surface area contributed by atoms with E-state index in [0.29, 0.717) is 6.42 Å². The van der Waals surface area contributed by atoms with Crippen molar-refractivity contribution in [1.29, 1.82) is 0 Å². The largest absolute Gasteiger partial charge is 0.497 e. The molecule has 0 amide bonds. The number of aliphatic carboxylic acids is 1. The number of benzene rings is 1. The first kappa shape index (κ1) is 25.1. The van der Waals surface area contributed by atoms with E-state index in [0.717, 1.165) is 73.4 Å². The molecule has 1 unspecified atom stereocenters. The van der Waals surface area contributed by atoms with Gasteiger partial charge in [-0.25, -0.2) is 4.98 Å². The minimum Gasteiger partial charge on any atom is -0.497 e. The summed E-state index contributed by atoms with van der Waals surface area (Å²) in [6.07, 6.45) is 9.33. The average Bonchev–Trinajstić information content (AvgIpc) is 3.26. The van der Waals surface area contributed by atoms with Gasteiger partial charge in [0, 0.05) is 50.4 Å². The van der Waals surface area contributed by atoms with Crippen molar-refractivity contribution in [3.05, 3.63) is 54.2 Å². The number of carbonyl (C=O) groups is 1. The molecule has 0 saturated carbocycles. The number of likely N-dealkylation sites (tertiary alicyclic amines) is 1. The van der Waals surface area contributed by atoms with E-state index in [1.165, 1.54) is 0 Å². The number of methoxy groups -OCH3 is 1. The smallest absolute Gasteiger partial charge is 0.303 e. The van der Waals surface area contributed by atoms with Crippen molar-refractivity contribution in [2.75, 3.05) is 26.7 Å². The van der Waals surface area contributed by atoms with E-state index in [1.807, 2.05) is 48.3 Å². The van der Waals surface area contributed by atoms with Gasteiger partial charge < -0.3 is 24.4 Å². The number of nitrogens with zero attached hydrogens (tertiary/aromatic N) is 4. The Bertz CT molecular complexity index is 1130. The van der Waals surface area contributed by atoms with E-state index in [9.17, 15) is 15.0 Å². The molecular weight excluding hydrogens is 444 g/mol. The number of hydrogen-bond acceptors (Lipinski definition) is 6. The first-order valence-electron chi connectivity index (χ1n) is 12.5. The number of imidazole rings is 1. The fourth-order valence-electron chi connectivity index (χ4n) is 5.38. The van der Waals surface area contributed by atoms with E-state index < -0.39 is 12.1 Å². The Morgan fingerprint density at radius 1 is 1.23 bits per heavy atom. The summed E-state index contributed by atoms with van der Waals surface area (Å²) in [6.45, 7) is 2.71. The van der Waals surface area contributed by atoms with Crippen LogP contribution >= 0.6 is 0 Å². The summed E-state index contributed by atoms with van der Waals surface area (Å²) in [4.78, 5) is 22.8. The number of hydrogen-bond donors (Lipinski definition) is 2. The average molecular weight is 481 g/mol. The molecule has 8 heteroatoms. The third-order valence-electron chi connectivity index (χ3n) is 7.36. The highest BCUT2D eigenvalue weighted by Gasteiger charge is 2.31. The maximum atomic E-state index is 11.6. The third-order valence-corrected chi connectivity index (χ3v) is 7.36. The summed E-state index contributed by atoms with van der Waals surface area (Å²) in [5.74, 6) is 1.45. The van der Waals surface area contributed by atoms with Gasteiger partial charge in [-0.15, -0.1) is 0 Å². The molecule has 1 fully saturated rings. The van der Waals surface area contributed by atoms with Gasteiger partial charge in [0.2, 0.25) is 0 Å². The first-order valence-corrected chi connectivity index (χ1v) is 12.5. The SMILES string of the molecule is COc1ccc2nccc(C(O)CC[C@@H]3CCN(CCCc4nccn4C)C[C@@H]3CC(=O)O)c2c1. The van der Waals surface area contributed by atoms with Gasteiger partial charge in [0.05, 0.1) is 18.7 Å². The monoisotopic (exact) mass is 480 g/mol. The van der Waals surface area contributed by atoms with Gasteiger partial charge >= 0.3 is 5.97 Å². The molecule has 3 atom stereocenters. The molecule has 1 aliphatic heterocycles. The summed E-state index contributed by atoms with van der Waals surface area (Å²) in [5, 5.41) is 21.5. The van der Waals surface area contributed by atoms with Crippen molar-refractivity contribution >= 4 is 16.9 Å². The normalized spacial score (nSPS) is 19.6. The predicted molar refractivity (Wildman–Crippen MR) is 134 cm³/mol. The lowest BCUT2D eigenvalue weighted by molar-refractivity contribution is -0.139. The summed E-state index contributed by atoms with van der Waals surface area (Å²) < 4.78 is 7.40. The number of aliphatic hydroxyl groups is 1. The molecule has 1 aromatic carbocycles. The maximum absolute atomic E-state index is 11.6. The first-order chi connectivity index (χ1) is 16.9. The number of rotatable bonds is 11. The Morgan fingerprint density at radius 2 is 2.09 bits per heavy atom. The lowest BCUT2D eigenvalue weighted by atomic mass is 9.79. The van der Waals surface area contributed by atoms with E-state index in [-0.39, 0.29) is 18.3 Å². The van der Waals surface area contributed by atoms with Crippen LogP contribution in [0, 0.1) is 11.8 Å². The number of pyridine rings is 1. The summed E-state index contributed by atoms with van der Waals surface area (Å²) in [5.41, 5.74) is 1.67. The Balaban J connectivity index is 1.35. The molecule has 1 aliphatic rings. The Morgan fingerprint density at radius 3 is 2.83 bits per heavy atom. The van der Waals surface area contributed by atoms with E-state index >= 15 is 0 Å². The topological polar surface area (TPSA) is 101 Å². The molecule has 2 N–H and O–H groups in total. The molecule has 3 heterocycles. The van der Waals surface area contributed by atoms with Crippen LogP contribution in [0.2, 0.25) is 0 Å². The van der Waals surface area contributed by atoms with Crippen LogP contribution in [0.5, 0.6) is 5.75 Å². The van der Waals surface area contributed by atoms with Gasteiger partial charge in [-0.2, -0.15) is 0 Å². The molecule has 0 aliphatic carbocycles. The molecule has 0 radical (unpaired) electrons. The van der Waals surface area contributed by atoms with E-state index in [2.05, 4.69) is 14.9 Å². The number of aryl methyl sites for hydroxylation is 2. The molecule has 1 saturated heterocycles. The van der Waals surface area contributed by atoms with Gasteiger partial charge in [-0.05, 0) is 80.4 Å². The van der Waals surface area contributed by atoms with Crippen LogP contribution in [0.3, 0.4) is 0 Å². The number of aromatic nitrogens is 3. The zero-order chi connectivity index (χ0) is 24.8. The van der Waals surface area contributed by atoms with E-state index in [4.69, 9.17) is 4.74 Å². The highest BCUT2D eigenvalue weighted by atomic mass is 16.5. The standard InChI is InChI=1S/C27H36N4O4/c1-30-15-12-29-26(30)4-3-13-31-14-10-19(20(18-31)16-27(33)34)5-8-25(32)22-9-11-28-24-7-6-21(35-2)17-23(22)24/h6-7,9,11-12,15,17,19-20,25,32H,3-5,8,10,13-14,16,18H2,1-2H3,(H,33,34)/t19-,20+,25?/m1/s1. The van der Waals surface area contributed by atoms with Crippen LogP contribution in [0.25, 0.3) is 10.9 Å². The quantitative estimate of drug-likeness (QED) is 0.430. The molecule has 0 spiro atoms. The summed E-state index contributed by atoms with van der Waals surface area (Å²) >= 11 is 0. The van der Waals surface area contributed by atoms with Gasteiger partial charge in [0.25, 0.3) is 0 Å². The summed E-state index contributed by atoms with van der Waals surface area (Å²) in [7, 11) is 3.64. The number of aliphatic hydroxyl groups excluding tert-OH is 1. The summed E-state index contributed by atoms with van der Waals surface area (Å²) in [6, 6.07) is 7.55. The molecule has 8 nitrogen and oxygen atoms in total. The van der Waals surface area contributed by atoms with E-state index in [1.54, 1.807) is 13.3 Å². The molecular formula is C27H36N4O4. The zero-order valence-corrected chi connectivity index (χ0v) is 20.6. The van der Waals surface area contributed by atoms with Crippen LogP contribution < -0.4 is 4.74 Å². The van der Waals surface area contributed by atoms with Crippen molar-refractivity contribution in [3.8, 4) is 5.75 Å². The molecule has 3 aromatic rings. The van der Waals surface area contributed by atoms with Crippen molar-refractivity contribution in [1.82, 2.24) is 19.4 Å². The van der Waals surface area contributed by atoms with Crippen LogP contribution in [-0.2, 0) is 18.3 Å². The number of piperidine rings is 1. The molecule has 0 bridgehead atoms. The highest BCUT2D eigenvalue weighted by molar-refractivity contribution is 5.83. The molecule has 4 rings (SSSR count). The van der Waals surface area contributed by atoms with Gasteiger partial charge in [-0.3, -0.25) is 9.78 Å². The van der Waals surface area contributed by atoms with Crippen LogP contribution in [0.4, 0.5) is 0 Å². The second kappa shape index (κ2) is 11.6. The van der Waals surface area contributed by atoms with Crippen molar-refractivity contribution < 1.29 is 19.7 Å². The molecule has 188 valence electrons. The van der Waals surface area contributed by atoms with Crippen LogP contribution in [0.15, 0.2) is 42.9 Å².